The third-order valence-electron chi connectivity index (χ3n) is 2.12. The maximum Gasteiger partial charge on any atom is 0.228 e. The number of amides is 1. The first-order chi connectivity index (χ1) is 8.26. The maximum absolute atomic E-state index is 11.5. The normalized spacial score (nSPS) is 10.9. The van der Waals surface area contributed by atoms with Crippen molar-refractivity contribution in [2.24, 2.45) is 0 Å². The highest BCUT2D eigenvalue weighted by Gasteiger charge is 1.99. The summed E-state index contributed by atoms with van der Waals surface area (Å²) in [6.45, 7) is 1.93. The Morgan fingerprint density at radius 1 is 1.29 bits per heavy atom. The van der Waals surface area contributed by atoms with Crippen molar-refractivity contribution in [3.05, 3.63) is 48.6 Å². The van der Waals surface area contributed by atoms with Gasteiger partial charge in [-0.3, -0.25) is 4.79 Å². The fourth-order valence-corrected chi connectivity index (χ4v) is 1.25. The molecule has 0 aliphatic heterocycles. The molecule has 17 heavy (non-hydrogen) atoms. The Bertz CT molecular complexity index is 405. The van der Waals surface area contributed by atoms with Crippen LogP contribution in [-0.2, 0) is 4.79 Å². The predicted molar refractivity (Wildman–Crippen MR) is 70.2 cm³/mol. The molecule has 3 nitrogen and oxygen atoms in total. The molecule has 0 atom stereocenters. The van der Waals surface area contributed by atoms with Crippen molar-refractivity contribution in [1.82, 2.24) is 0 Å². The predicted octanol–water partition coefficient (Wildman–Crippen LogP) is 3.16. The number of hydrogen-bond acceptors (Lipinski definition) is 2. The van der Waals surface area contributed by atoms with E-state index in [1.807, 2.05) is 55.5 Å². The number of allylic oxidation sites excluding steroid dienone is 3. The number of carbonyl (C=O) groups excluding carboxylic acids is 1. The Morgan fingerprint density at radius 2 is 2.00 bits per heavy atom. The summed E-state index contributed by atoms with van der Waals surface area (Å²) in [5.41, 5.74) is 0.773. The van der Waals surface area contributed by atoms with Crippen molar-refractivity contribution < 1.29 is 9.53 Å². The molecule has 0 aliphatic rings. The zero-order valence-corrected chi connectivity index (χ0v) is 10.1. The third-order valence-corrected chi connectivity index (χ3v) is 2.12. The fourth-order valence-electron chi connectivity index (χ4n) is 1.25. The first-order valence-electron chi connectivity index (χ1n) is 5.48. The van der Waals surface area contributed by atoms with E-state index >= 15 is 0 Å². The topological polar surface area (TPSA) is 38.3 Å². The van der Waals surface area contributed by atoms with Crippen molar-refractivity contribution in [2.45, 2.75) is 13.3 Å². The molecule has 0 heterocycles. The number of hydrogen-bond donors (Lipinski definition) is 1. The summed E-state index contributed by atoms with van der Waals surface area (Å²) in [7, 11) is 1.61. The van der Waals surface area contributed by atoms with Crippen LogP contribution in [0.1, 0.15) is 13.3 Å². The van der Waals surface area contributed by atoms with E-state index in [1.165, 1.54) is 0 Å². The maximum atomic E-state index is 11.5. The minimum absolute atomic E-state index is 0.0316. The minimum atomic E-state index is -0.0316. The van der Waals surface area contributed by atoms with Crippen LogP contribution in [-0.4, -0.2) is 13.0 Å². The average molecular weight is 231 g/mol. The van der Waals surface area contributed by atoms with Gasteiger partial charge in [0.1, 0.15) is 5.75 Å². The summed E-state index contributed by atoms with van der Waals surface area (Å²) >= 11 is 0. The van der Waals surface area contributed by atoms with Crippen LogP contribution in [0.15, 0.2) is 48.6 Å². The smallest absolute Gasteiger partial charge is 0.228 e. The Labute approximate surface area is 102 Å². The Hall–Kier alpha value is -2.03. The summed E-state index contributed by atoms with van der Waals surface area (Å²) in [5, 5.41) is 2.80. The molecule has 1 N–H and O–H groups in total. The highest BCUT2D eigenvalue weighted by molar-refractivity contribution is 5.91. The number of anilines is 1. The summed E-state index contributed by atoms with van der Waals surface area (Å²) in [6.07, 6.45) is 7.85. The van der Waals surface area contributed by atoms with E-state index in [0.717, 1.165) is 11.4 Å². The van der Waals surface area contributed by atoms with Crippen LogP contribution >= 0.6 is 0 Å². The molecule has 1 aromatic rings. The molecule has 1 aromatic carbocycles. The highest BCUT2D eigenvalue weighted by Crippen LogP contribution is 2.14. The first-order valence-corrected chi connectivity index (χ1v) is 5.48. The Balaban J connectivity index is 2.44. The van der Waals surface area contributed by atoms with Gasteiger partial charge in [0.15, 0.2) is 0 Å². The zero-order chi connectivity index (χ0) is 12.5. The van der Waals surface area contributed by atoms with Crippen molar-refractivity contribution in [3.8, 4) is 5.75 Å². The molecule has 0 fully saturated rings. The minimum Gasteiger partial charge on any atom is -0.497 e. The number of benzene rings is 1. The van der Waals surface area contributed by atoms with E-state index in [1.54, 1.807) is 7.11 Å². The van der Waals surface area contributed by atoms with Crippen molar-refractivity contribution in [1.29, 1.82) is 0 Å². The number of carbonyl (C=O) groups is 1. The van der Waals surface area contributed by atoms with Gasteiger partial charge in [-0.15, -0.1) is 0 Å². The Morgan fingerprint density at radius 3 is 2.59 bits per heavy atom. The lowest BCUT2D eigenvalue weighted by Crippen LogP contribution is -2.09. The SMILES string of the molecule is C/C=C/C=C/CC(=O)Nc1ccc(OC)cc1. The second kappa shape index (κ2) is 7.28. The molecule has 0 saturated heterocycles. The highest BCUT2D eigenvalue weighted by atomic mass is 16.5. The summed E-state index contributed by atoms with van der Waals surface area (Å²) in [6, 6.07) is 7.25. The van der Waals surface area contributed by atoms with Gasteiger partial charge in [0.25, 0.3) is 0 Å². The lowest BCUT2D eigenvalue weighted by Gasteiger charge is -2.04. The molecule has 1 rings (SSSR count). The molecule has 90 valence electrons. The van der Waals surface area contributed by atoms with Crippen LogP contribution < -0.4 is 10.1 Å². The van der Waals surface area contributed by atoms with E-state index in [-0.39, 0.29) is 5.91 Å². The van der Waals surface area contributed by atoms with Crippen LogP contribution in [0.4, 0.5) is 5.69 Å². The van der Waals surface area contributed by atoms with Crippen molar-refractivity contribution >= 4 is 11.6 Å². The zero-order valence-electron chi connectivity index (χ0n) is 10.1. The molecule has 0 spiro atoms. The summed E-state index contributed by atoms with van der Waals surface area (Å²) in [5.74, 6) is 0.742. The van der Waals surface area contributed by atoms with E-state index in [2.05, 4.69) is 5.32 Å². The molecule has 3 heteroatoms. The van der Waals surface area contributed by atoms with Gasteiger partial charge in [0.2, 0.25) is 5.91 Å². The van der Waals surface area contributed by atoms with Gasteiger partial charge >= 0.3 is 0 Å². The molecule has 0 bridgehead atoms. The molecular formula is C14H17NO2. The Kier molecular flexibility index (Phi) is 5.58. The van der Waals surface area contributed by atoms with Crippen LogP contribution in [0, 0.1) is 0 Å². The molecular weight excluding hydrogens is 214 g/mol. The van der Waals surface area contributed by atoms with E-state index < -0.39 is 0 Å². The summed E-state index contributed by atoms with van der Waals surface area (Å²) < 4.78 is 5.03. The largest absolute Gasteiger partial charge is 0.497 e. The molecule has 1 amide bonds. The third kappa shape index (κ3) is 5.02. The van der Waals surface area contributed by atoms with Crippen molar-refractivity contribution in [3.63, 3.8) is 0 Å². The molecule has 0 aliphatic carbocycles. The number of ether oxygens (including phenoxy) is 1. The second-order valence-electron chi connectivity index (χ2n) is 3.43. The van der Waals surface area contributed by atoms with Crippen molar-refractivity contribution in [2.75, 3.05) is 12.4 Å². The summed E-state index contributed by atoms with van der Waals surface area (Å²) in [4.78, 5) is 11.5. The van der Waals surface area contributed by atoms with Gasteiger partial charge in [0.05, 0.1) is 7.11 Å². The van der Waals surface area contributed by atoms with Crippen LogP contribution in [0.2, 0.25) is 0 Å². The molecule has 0 saturated carbocycles. The van der Waals surface area contributed by atoms with E-state index in [4.69, 9.17) is 4.74 Å². The lowest BCUT2D eigenvalue weighted by molar-refractivity contribution is -0.115. The first kappa shape index (κ1) is 13.0. The van der Waals surface area contributed by atoms with Gasteiger partial charge in [0, 0.05) is 12.1 Å². The average Bonchev–Trinajstić information content (AvgIpc) is 2.36. The molecule has 0 radical (unpaired) electrons. The fraction of sp³-hybridized carbons (Fsp3) is 0.214. The molecule has 0 unspecified atom stereocenters. The van der Waals surface area contributed by atoms with Crippen LogP contribution in [0.25, 0.3) is 0 Å². The van der Waals surface area contributed by atoms with E-state index in [9.17, 15) is 4.79 Å². The number of methoxy groups -OCH3 is 1. The van der Waals surface area contributed by atoms with Crippen LogP contribution in [0.3, 0.4) is 0 Å². The van der Waals surface area contributed by atoms with Gasteiger partial charge in [-0.25, -0.2) is 0 Å². The second-order valence-corrected chi connectivity index (χ2v) is 3.43. The lowest BCUT2D eigenvalue weighted by atomic mass is 10.3. The standard InChI is InChI=1S/C14H17NO2/c1-3-4-5-6-7-14(16)15-12-8-10-13(17-2)11-9-12/h3-6,8-11H,7H2,1-2H3,(H,15,16)/b4-3+,6-5+. The van der Waals surface area contributed by atoms with E-state index in [0.29, 0.717) is 6.42 Å². The number of rotatable bonds is 5. The van der Waals surface area contributed by atoms with Gasteiger partial charge in [-0.1, -0.05) is 24.3 Å². The number of nitrogens with one attached hydrogen (secondary N) is 1. The quantitative estimate of drug-likeness (QED) is 0.790. The molecule has 0 aromatic heterocycles. The monoisotopic (exact) mass is 231 g/mol. The van der Waals surface area contributed by atoms with Crippen LogP contribution in [0.5, 0.6) is 5.75 Å². The van der Waals surface area contributed by atoms with Gasteiger partial charge in [-0.05, 0) is 31.2 Å². The van der Waals surface area contributed by atoms with Gasteiger partial charge < -0.3 is 10.1 Å². The van der Waals surface area contributed by atoms with Gasteiger partial charge in [-0.2, -0.15) is 0 Å².